The quantitative estimate of drug-likeness (QED) is 0.801. The maximum Gasteiger partial charge on any atom is 0.299 e. The molecule has 3 rings (SSSR count). The molecule has 0 saturated heterocycles. The minimum Gasteiger partial charge on any atom is -0.300 e. The predicted molar refractivity (Wildman–Crippen MR) is 75.6 cm³/mol. The number of hydrogen-bond acceptors (Lipinski definition) is 3. The summed E-state index contributed by atoms with van der Waals surface area (Å²) < 4.78 is 0. The normalized spacial score (nSPS) is 13.8. The largest absolute Gasteiger partial charge is 0.300 e. The molecule has 0 atom stereocenters. The Balaban J connectivity index is 1.98. The van der Waals surface area contributed by atoms with E-state index in [1.807, 2.05) is 37.3 Å². The molecular formula is C16H14N2O2. The van der Waals surface area contributed by atoms with Crippen LogP contribution >= 0.6 is 0 Å². The number of carbonyl (C=O) groups is 2. The van der Waals surface area contributed by atoms with Crippen LogP contribution in [0, 0.1) is 0 Å². The number of carbonyl (C=O) groups excluding carboxylic acids is 2. The number of rotatable bonds is 3. The van der Waals surface area contributed by atoms with Gasteiger partial charge < -0.3 is 4.90 Å². The fourth-order valence-electron chi connectivity index (χ4n) is 2.40. The predicted octanol–water partition coefficient (Wildman–Crippen LogP) is 2.37. The minimum atomic E-state index is -0.461. The van der Waals surface area contributed by atoms with Gasteiger partial charge in [-0.2, -0.15) is 0 Å². The van der Waals surface area contributed by atoms with Crippen LogP contribution in [0.25, 0.3) is 0 Å². The van der Waals surface area contributed by atoms with Gasteiger partial charge in [0.25, 0.3) is 11.7 Å². The standard InChI is InChI=1S/C16H14N2O2/c1-2-11-5-6-14-13(8-11)15(19)16(20)18(14)10-12-4-3-7-17-9-12/h3-9H,2,10H2,1H3. The van der Waals surface area contributed by atoms with Crippen molar-refractivity contribution in [2.24, 2.45) is 0 Å². The van der Waals surface area contributed by atoms with E-state index in [-0.39, 0.29) is 0 Å². The first kappa shape index (κ1) is 12.5. The van der Waals surface area contributed by atoms with Gasteiger partial charge in [-0.1, -0.05) is 19.1 Å². The Kier molecular flexibility index (Phi) is 3.06. The molecule has 20 heavy (non-hydrogen) atoms. The number of aryl methyl sites for hydroxylation is 1. The van der Waals surface area contributed by atoms with Crippen molar-refractivity contribution in [3.63, 3.8) is 0 Å². The molecule has 1 amide bonds. The van der Waals surface area contributed by atoms with Crippen LogP contribution in [0.2, 0.25) is 0 Å². The zero-order valence-corrected chi connectivity index (χ0v) is 11.2. The van der Waals surface area contributed by atoms with E-state index in [0.29, 0.717) is 17.8 Å². The van der Waals surface area contributed by atoms with E-state index in [1.165, 1.54) is 4.90 Å². The number of fused-ring (bicyclic) bond motifs is 1. The molecule has 100 valence electrons. The average molecular weight is 266 g/mol. The van der Waals surface area contributed by atoms with Crippen molar-refractivity contribution in [3.05, 3.63) is 59.4 Å². The van der Waals surface area contributed by atoms with Crippen molar-refractivity contribution in [2.75, 3.05) is 4.90 Å². The maximum atomic E-state index is 12.1. The lowest BCUT2D eigenvalue weighted by atomic mass is 10.1. The van der Waals surface area contributed by atoms with Crippen molar-refractivity contribution in [2.45, 2.75) is 19.9 Å². The highest BCUT2D eigenvalue weighted by molar-refractivity contribution is 6.52. The number of hydrogen-bond donors (Lipinski definition) is 0. The third-order valence-electron chi connectivity index (χ3n) is 3.51. The molecular weight excluding hydrogens is 252 g/mol. The smallest absolute Gasteiger partial charge is 0.299 e. The van der Waals surface area contributed by atoms with Gasteiger partial charge in [0, 0.05) is 12.4 Å². The first-order chi connectivity index (χ1) is 9.70. The Morgan fingerprint density at radius 3 is 2.70 bits per heavy atom. The lowest BCUT2D eigenvalue weighted by Crippen LogP contribution is -2.29. The van der Waals surface area contributed by atoms with Crippen molar-refractivity contribution in [3.8, 4) is 0 Å². The zero-order valence-electron chi connectivity index (χ0n) is 11.2. The monoisotopic (exact) mass is 266 g/mol. The molecule has 0 unspecified atom stereocenters. The summed E-state index contributed by atoms with van der Waals surface area (Å²) in [5.41, 5.74) is 3.17. The highest BCUT2D eigenvalue weighted by Crippen LogP contribution is 2.31. The lowest BCUT2D eigenvalue weighted by molar-refractivity contribution is -0.114. The molecule has 0 N–H and O–H groups in total. The van der Waals surface area contributed by atoms with Crippen LogP contribution in [-0.2, 0) is 17.8 Å². The van der Waals surface area contributed by atoms with E-state index in [2.05, 4.69) is 4.98 Å². The molecule has 1 aliphatic rings. The van der Waals surface area contributed by atoms with Crippen molar-refractivity contribution in [1.82, 2.24) is 4.98 Å². The van der Waals surface area contributed by atoms with E-state index in [1.54, 1.807) is 12.4 Å². The van der Waals surface area contributed by atoms with Crippen LogP contribution in [0.15, 0.2) is 42.7 Å². The number of aromatic nitrogens is 1. The number of anilines is 1. The van der Waals surface area contributed by atoms with Gasteiger partial charge in [-0.25, -0.2) is 0 Å². The molecule has 1 aromatic carbocycles. The second-order valence-electron chi connectivity index (χ2n) is 4.79. The number of ketones is 1. The Morgan fingerprint density at radius 1 is 1.15 bits per heavy atom. The molecule has 1 aliphatic heterocycles. The summed E-state index contributed by atoms with van der Waals surface area (Å²) in [6.45, 7) is 2.40. The summed E-state index contributed by atoms with van der Waals surface area (Å²) in [7, 11) is 0. The van der Waals surface area contributed by atoms with E-state index in [0.717, 1.165) is 17.5 Å². The Morgan fingerprint density at radius 2 is 2.00 bits per heavy atom. The van der Waals surface area contributed by atoms with E-state index < -0.39 is 11.7 Å². The summed E-state index contributed by atoms with van der Waals surface area (Å²) in [6.07, 6.45) is 4.23. The number of benzene rings is 1. The summed E-state index contributed by atoms with van der Waals surface area (Å²) in [5.74, 6) is -0.878. The Labute approximate surface area is 117 Å². The molecule has 2 aromatic rings. The van der Waals surface area contributed by atoms with Crippen molar-refractivity contribution >= 4 is 17.4 Å². The first-order valence-electron chi connectivity index (χ1n) is 6.58. The molecule has 4 heteroatoms. The highest BCUT2D eigenvalue weighted by atomic mass is 16.2. The third-order valence-corrected chi connectivity index (χ3v) is 3.51. The summed E-state index contributed by atoms with van der Waals surface area (Å²) >= 11 is 0. The number of amides is 1. The molecule has 4 nitrogen and oxygen atoms in total. The van der Waals surface area contributed by atoms with E-state index in [9.17, 15) is 9.59 Å². The second-order valence-corrected chi connectivity index (χ2v) is 4.79. The SMILES string of the molecule is CCc1ccc2c(c1)C(=O)C(=O)N2Cc1cccnc1. The van der Waals surface area contributed by atoms with Gasteiger partial charge in [-0.15, -0.1) is 0 Å². The second kappa shape index (κ2) is 4.89. The van der Waals surface area contributed by atoms with Gasteiger partial charge in [0.15, 0.2) is 0 Å². The molecule has 0 spiro atoms. The minimum absolute atomic E-state index is 0.372. The van der Waals surface area contributed by atoms with Crippen LogP contribution in [0.4, 0.5) is 5.69 Å². The average Bonchev–Trinajstić information content (AvgIpc) is 2.73. The van der Waals surface area contributed by atoms with Gasteiger partial charge in [-0.05, 0) is 35.7 Å². The molecule has 2 heterocycles. The van der Waals surface area contributed by atoms with Gasteiger partial charge in [0.2, 0.25) is 0 Å². The van der Waals surface area contributed by atoms with E-state index >= 15 is 0 Å². The zero-order chi connectivity index (χ0) is 14.1. The molecule has 0 bridgehead atoms. The molecule has 0 saturated carbocycles. The first-order valence-corrected chi connectivity index (χ1v) is 6.58. The van der Waals surface area contributed by atoms with Gasteiger partial charge >= 0.3 is 0 Å². The van der Waals surface area contributed by atoms with Crippen molar-refractivity contribution in [1.29, 1.82) is 0 Å². The van der Waals surface area contributed by atoms with Gasteiger partial charge in [-0.3, -0.25) is 14.6 Å². The maximum absolute atomic E-state index is 12.1. The number of pyridine rings is 1. The highest BCUT2D eigenvalue weighted by Gasteiger charge is 2.35. The van der Waals surface area contributed by atoms with Crippen LogP contribution < -0.4 is 4.90 Å². The van der Waals surface area contributed by atoms with Gasteiger partial charge in [0.05, 0.1) is 17.8 Å². The molecule has 1 aromatic heterocycles. The molecule has 0 aliphatic carbocycles. The van der Waals surface area contributed by atoms with Gasteiger partial charge in [0.1, 0.15) is 0 Å². The third kappa shape index (κ3) is 1.99. The topological polar surface area (TPSA) is 50.3 Å². The fraction of sp³-hybridized carbons (Fsp3) is 0.188. The molecule has 0 radical (unpaired) electrons. The fourth-order valence-corrected chi connectivity index (χ4v) is 2.40. The summed E-state index contributed by atoms with van der Waals surface area (Å²) in [6, 6.07) is 9.34. The van der Waals surface area contributed by atoms with Crippen molar-refractivity contribution < 1.29 is 9.59 Å². The number of Topliss-reactive ketones (excluding diaryl/α,β-unsaturated/α-hetero) is 1. The Bertz CT molecular complexity index is 680. The lowest BCUT2D eigenvalue weighted by Gasteiger charge is -2.16. The van der Waals surface area contributed by atoms with Crippen LogP contribution in [0.5, 0.6) is 0 Å². The van der Waals surface area contributed by atoms with E-state index in [4.69, 9.17) is 0 Å². The summed E-state index contributed by atoms with van der Waals surface area (Å²) in [5, 5.41) is 0. The Hall–Kier alpha value is -2.49. The molecule has 0 fully saturated rings. The number of nitrogens with zero attached hydrogens (tertiary/aromatic N) is 2. The van der Waals surface area contributed by atoms with Crippen LogP contribution in [0.1, 0.15) is 28.4 Å². The summed E-state index contributed by atoms with van der Waals surface area (Å²) in [4.78, 5) is 29.7. The van der Waals surface area contributed by atoms with Crippen LogP contribution in [-0.4, -0.2) is 16.7 Å². The van der Waals surface area contributed by atoms with Crippen LogP contribution in [0.3, 0.4) is 0 Å².